The van der Waals surface area contributed by atoms with E-state index in [1.165, 1.54) is 0 Å². The van der Waals surface area contributed by atoms with Gasteiger partial charge in [0.15, 0.2) is 0 Å². The highest BCUT2D eigenvalue weighted by Crippen LogP contribution is 2.27. The lowest BCUT2D eigenvalue weighted by Crippen LogP contribution is -2.04. The van der Waals surface area contributed by atoms with E-state index >= 15 is 0 Å². The summed E-state index contributed by atoms with van der Waals surface area (Å²) >= 11 is 6.37. The summed E-state index contributed by atoms with van der Waals surface area (Å²) in [5, 5.41) is 9.70. The van der Waals surface area contributed by atoms with Gasteiger partial charge in [0, 0.05) is 17.1 Å². The Bertz CT molecular complexity index is 1230. The van der Waals surface area contributed by atoms with E-state index in [1.807, 2.05) is 60.1 Å². The fourth-order valence-electron chi connectivity index (χ4n) is 3.47. The van der Waals surface area contributed by atoms with Crippen molar-refractivity contribution in [2.75, 3.05) is 0 Å². The molecular formula is C25H22ClN3O. The lowest BCUT2D eigenvalue weighted by Gasteiger charge is -2.11. The van der Waals surface area contributed by atoms with E-state index in [9.17, 15) is 0 Å². The lowest BCUT2D eigenvalue weighted by molar-refractivity contribution is 0.205. The molecule has 4 rings (SSSR count). The molecule has 5 heteroatoms. The Balaban J connectivity index is 1.72. The summed E-state index contributed by atoms with van der Waals surface area (Å²) in [5.74, 6) is 0.914. The van der Waals surface area contributed by atoms with Gasteiger partial charge >= 0.3 is 0 Å². The molecule has 0 atom stereocenters. The maximum Gasteiger partial charge on any atom is 0.141 e. The van der Waals surface area contributed by atoms with E-state index in [4.69, 9.17) is 21.8 Å². The van der Waals surface area contributed by atoms with Gasteiger partial charge in [-0.05, 0) is 47.9 Å². The van der Waals surface area contributed by atoms with Crippen molar-refractivity contribution in [3.8, 4) is 11.4 Å². The minimum atomic E-state index is 0.424. The molecule has 0 saturated heterocycles. The first-order chi connectivity index (χ1) is 14.7. The van der Waals surface area contributed by atoms with E-state index in [0.717, 1.165) is 51.5 Å². The monoisotopic (exact) mass is 415 g/mol. The van der Waals surface area contributed by atoms with Crippen LogP contribution in [-0.2, 0) is 13.0 Å². The SMILES string of the molecule is C=C(/C=C/c1cccc(-c2nc3ccccc3n2CCc2ccccc2Cl)c1)NO. The maximum atomic E-state index is 8.91. The fourth-order valence-corrected chi connectivity index (χ4v) is 3.70. The Morgan fingerprint density at radius 1 is 1.07 bits per heavy atom. The predicted octanol–water partition coefficient (Wildman–Crippen LogP) is 6.11. The van der Waals surface area contributed by atoms with Crippen molar-refractivity contribution in [2.24, 2.45) is 0 Å². The number of hydrogen-bond donors (Lipinski definition) is 2. The van der Waals surface area contributed by atoms with Crippen LogP contribution in [0.15, 0.2) is 91.1 Å². The second-order valence-corrected chi connectivity index (χ2v) is 7.42. The molecule has 1 heterocycles. The maximum absolute atomic E-state index is 8.91. The van der Waals surface area contributed by atoms with E-state index in [-0.39, 0.29) is 0 Å². The summed E-state index contributed by atoms with van der Waals surface area (Å²) in [6.45, 7) is 4.47. The van der Waals surface area contributed by atoms with Gasteiger partial charge in [-0.3, -0.25) is 10.7 Å². The van der Waals surface area contributed by atoms with Gasteiger partial charge < -0.3 is 4.57 Å². The molecule has 0 aliphatic carbocycles. The average Bonchev–Trinajstić information content (AvgIpc) is 3.16. The van der Waals surface area contributed by atoms with Crippen LogP contribution in [0.1, 0.15) is 11.1 Å². The second kappa shape index (κ2) is 8.99. The van der Waals surface area contributed by atoms with Gasteiger partial charge in [0.2, 0.25) is 0 Å². The molecule has 30 heavy (non-hydrogen) atoms. The first kappa shape index (κ1) is 20.0. The Morgan fingerprint density at radius 3 is 2.70 bits per heavy atom. The van der Waals surface area contributed by atoms with Gasteiger partial charge in [-0.25, -0.2) is 4.98 Å². The number of aromatic nitrogens is 2. The van der Waals surface area contributed by atoms with Gasteiger partial charge in [-0.1, -0.05) is 72.8 Å². The van der Waals surface area contributed by atoms with Gasteiger partial charge in [0.25, 0.3) is 0 Å². The normalized spacial score (nSPS) is 11.3. The minimum absolute atomic E-state index is 0.424. The molecule has 4 aromatic rings. The minimum Gasteiger partial charge on any atom is -0.324 e. The molecule has 4 nitrogen and oxygen atoms in total. The molecule has 3 aromatic carbocycles. The van der Waals surface area contributed by atoms with Crippen molar-refractivity contribution in [1.82, 2.24) is 15.0 Å². The molecule has 0 aliphatic rings. The number of fused-ring (bicyclic) bond motifs is 1. The molecule has 0 fully saturated rings. The number of halogens is 1. The van der Waals surface area contributed by atoms with Crippen molar-refractivity contribution in [1.29, 1.82) is 0 Å². The smallest absolute Gasteiger partial charge is 0.141 e. The number of benzene rings is 3. The Morgan fingerprint density at radius 2 is 1.87 bits per heavy atom. The van der Waals surface area contributed by atoms with Crippen LogP contribution < -0.4 is 5.48 Å². The van der Waals surface area contributed by atoms with Crippen LogP contribution in [-0.4, -0.2) is 14.8 Å². The van der Waals surface area contributed by atoms with E-state index in [0.29, 0.717) is 5.70 Å². The topological polar surface area (TPSA) is 50.1 Å². The summed E-state index contributed by atoms with van der Waals surface area (Å²) in [6.07, 6.45) is 4.43. The van der Waals surface area contributed by atoms with Crippen LogP contribution >= 0.6 is 11.6 Å². The van der Waals surface area contributed by atoms with Gasteiger partial charge in [-0.2, -0.15) is 0 Å². The number of hydroxylamine groups is 1. The number of nitrogens with zero attached hydrogens (tertiary/aromatic N) is 2. The zero-order valence-electron chi connectivity index (χ0n) is 16.4. The Labute approximate surface area is 180 Å². The van der Waals surface area contributed by atoms with Gasteiger partial charge in [0.1, 0.15) is 5.82 Å². The molecular weight excluding hydrogens is 394 g/mol. The van der Waals surface area contributed by atoms with Crippen LogP contribution in [0, 0.1) is 0 Å². The number of aryl methyl sites for hydroxylation is 2. The average molecular weight is 416 g/mol. The van der Waals surface area contributed by atoms with E-state index < -0.39 is 0 Å². The summed E-state index contributed by atoms with van der Waals surface area (Å²) < 4.78 is 2.25. The highest BCUT2D eigenvalue weighted by Gasteiger charge is 2.13. The third kappa shape index (κ3) is 4.30. The van der Waals surface area contributed by atoms with Crippen LogP contribution in [0.5, 0.6) is 0 Å². The van der Waals surface area contributed by atoms with Crippen LogP contribution in [0.2, 0.25) is 5.02 Å². The van der Waals surface area contributed by atoms with Gasteiger partial charge in [-0.15, -0.1) is 0 Å². The molecule has 0 saturated carbocycles. The van der Waals surface area contributed by atoms with Crippen LogP contribution in [0.4, 0.5) is 0 Å². The number of allylic oxidation sites excluding steroid dienone is 1. The highest BCUT2D eigenvalue weighted by molar-refractivity contribution is 6.31. The molecule has 0 aliphatic heterocycles. The molecule has 0 radical (unpaired) electrons. The standard InChI is InChI=1S/C25H22ClN3O/c1-18(28-30)13-14-19-7-6-9-21(17-19)25-27-23-11-4-5-12-24(23)29(25)16-15-20-8-2-3-10-22(20)26/h2-14,17,28,30H,1,15-16H2/b14-13+. The number of imidazole rings is 1. The van der Waals surface area contributed by atoms with Crippen LogP contribution in [0.3, 0.4) is 0 Å². The fraction of sp³-hybridized carbons (Fsp3) is 0.0800. The summed E-state index contributed by atoms with van der Waals surface area (Å²) in [5.41, 5.74) is 7.66. The number of nitrogens with one attached hydrogen (secondary N) is 1. The zero-order valence-corrected chi connectivity index (χ0v) is 17.2. The van der Waals surface area contributed by atoms with Crippen molar-refractivity contribution >= 4 is 28.7 Å². The molecule has 0 unspecified atom stereocenters. The molecule has 1 aromatic heterocycles. The molecule has 2 N–H and O–H groups in total. The molecule has 150 valence electrons. The zero-order chi connectivity index (χ0) is 20.9. The third-order valence-electron chi connectivity index (χ3n) is 4.98. The first-order valence-electron chi connectivity index (χ1n) is 9.72. The van der Waals surface area contributed by atoms with Crippen LogP contribution in [0.25, 0.3) is 28.5 Å². The van der Waals surface area contributed by atoms with Crippen molar-refractivity contribution in [3.05, 3.63) is 107 Å². The Kier molecular flexibility index (Phi) is 5.98. The molecule has 0 amide bonds. The number of hydrogen-bond acceptors (Lipinski definition) is 3. The number of rotatable bonds is 7. The highest BCUT2D eigenvalue weighted by atomic mass is 35.5. The third-order valence-corrected chi connectivity index (χ3v) is 5.35. The second-order valence-electron chi connectivity index (χ2n) is 7.01. The first-order valence-corrected chi connectivity index (χ1v) is 10.1. The van der Waals surface area contributed by atoms with Gasteiger partial charge in [0.05, 0.1) is 16.7 Å². The van der Waals surface area contributed by atoms with E-state index in [2.05, 4.69) is 35.4 Å². The quantitative estimate of drug-likeness (QED) is 0.283. The van der Waals surface area contributed by atoms with Crippen molar-refractivity contribution in [3.63, 3.8) is 0 Å². The predicted molar refractivity (Wildman–Crippen MR) is 123 cm³/mol. The summed E-state index contributed by atoms with van der Waals surface area (Å²) in [7, 11) is 0. The summed E-state index contributed by atoms with van der Waals surface area (Å²) in [4.78, 5) is 4.91. The molecule has 0 bridgehead atoms. The number of para-hydroxylation sites is 2. The van der Waals surface area contributed by atoms with Crippen molar-refractivity contribution < 1.29 is 5.21 Å². The summed E-state index contributed by atoms with van der Waals surface area (Å²) in [6, 6.07) is 24.3. The van der Waals surface area contributed by atoms with E-state index in [1.54, 1.807) is 6.08 Å². The molecule has 0 spiro atoms. The lowest BCUT2D eigenvalue weighted by atomic mass is 10.1. The Hall–Kier alpha value is -3.34. The largest absolute Gasteiger partial charge is 0.324 e. The van der Waals surface area contributed by atoms with Crippen molar-refractivity contribution in [2.45, 2.75) is 13.0 Å².